The van der Waals surface area contributed by atoms with E-state index in [0.29, 0.717) is 6.42 Å². The van der Waals surface area contributed by atoms with Gasteiger partial charge < -0.3 is 15.2 Å². The molecule has 0 aromatic carbocycles. The van der Waals surface area contributed by atoms with Crippen LogP contribution in [0.4, 0.5) is 5.82 Å². The van der Waals surface area contributed by atoms with Gasteiger partial charge in [0.25, 0.3) is 17.0 Å². The fraction of sp³-hybridized carbons (Fsp3) is 0.440. The highest BCUT2D eigenvalue weighted by Gasteiger charge is 2.21. The number of H-pyrrole nitrogens is 1. The molecule has 1 fully saturated rings. The second kappa shape index (κ2) is 11.1. The van der Waals surface area contributed by atoms with Crippen molar-refractivity contribution in [3.8, 4) is 0 Å². The van der Waals surface area contributed by atoms with Crippen molar-refractivity contribution in [3.05, 3.63) is 67.9 Å². The summed E-state index contributed by atoms with van der Waals surface area (Å²) in [5.74, 6) is 0.428. The molecule has 3 aromatic rings. The molecule has 4 rings (SSSR count). The molecule has 34 heavy (non-hydrogen) atoms. The molecule has 0 radical (unpaired) electrons. The Morgan fingerprint density at radius 2 is 1.82 bits per heavy atom. The van der Waals surface area contributed by atoms with Crippen molar-refractivity contribution in [2.45, 2.75) is 33.7 Å². The molecule has 1 aliphatic heterocycles. The van der Waals surface area contributed by atoms with Crippen LogP contribution >= 0.6 is 0 Å². The fourth-order valence-electron chi connectivity index (χ4n) is 4.16. The highest BCUT2D eigenvalue weighted by atomic mass is 16.2. The minimum atomic E-state index is -0.377. The Hall–Kier alpha value is -3.46. The van der Waals surface area contributed by atoms with E-state index in [1.165, 1.54) is 11.6 Å². The monoisotopic (exact) mass is 466 g/mol. The first-order valence-corrected chi connectivity index (χ1v) is 11.8. The van der Waals surface area contributed by atoms with Crippen LogP contribution in [0.3, 0.4) is 0 Å². The predicted molar refractivity (Wildman–Crippen MR) is 136 cm³/mol. The first-order valence-electron chi connectivity index (χ1n) is 11.8. The van der Waals surface area contributed by atoms with Crippen LogP contribution in [-0.2, 0) is 20.0 Å². The van der Waals surface area contributed by atoms with Crippen LogP contribution < -0.4 is 21.3 Å². The molecule has 0 saturated carbocycles. The molecule has 1 amide bonds. The topological polar surface area (TPSA) is 103 Å². The van der Waals surface area contributed by atoms with Gasteiger partial charge in [-0.1, -0.05) is 20.8 Å². The maximum atomic E-state index is 12.5. The Labute approximate surface area is 199 Å². The number of rotatable bonds is 5. The number of carbonyl (C=O) groups is 1. The van der Waals surface area contributed by atoms with E-state index < -0.39 is 0 Å². The van der Waals surface area contributed by atoms with Gasteiger partial charge >= 0.3 is 0 Å². The van der Waals surface area contributed by atoms with Gasteiger partial charge in [0.15, 0.2) is 0 Å². The van der Waals surface area contributed by atoms with Crippen LogP contribution in [0.1, 0.15) is 42.3 Å². The molecule has 4 heterocycles. The smallest absolute Gasteiger partial charge is 0.264 e. The lowest BCUT2D eigenvalue weighted by Crippen LogP contribution is -2.47. The zero-order valence-electron chi connectivity index (χ0n) is 20.6. The molecule has 182 valence electrons. The lowest BCUT2D eigenvalue weighted by Gasteiger charge is -2.36. The van der Waals surface area contributed by atoms with E-state index in [4.69, 9.17) is 0 Å². The number of carbonyl (C=O) groups excluding carboxylic acids is 1. The third kappa shape index (κ3) is 5.20. The number of anilines is 1. The van der Waals surface area contributed by atoms with Crippen molar-refractivity contribution in [3.63, 3.8) is 0 Å². The van der Waals surface area contributed by atoms with Crippen molar-refractivity contribution >= 4 is 22.8 Å². The first-order chi connectivity index (χ1) is 16.4. The highest BCUT2D eigenvalue weighted by molar-refractivity contribution is 5.93. The number of nitrogens with zero attached hydrogens (tertiary/aromatic N) is 4. The third-order valence-electron chi connectivity index (χ3n) is 6.06. The average molecular weight is 467 g/mol. The molecular formula is C25H34N6O3. The second-order valence-corrected chi connectivity index (χ2v) is 8.07. The number of piperazine rings is 1. The maximum Gasteiger partial charge on any atom is 0.264 e. The predicted octanol–water partition coefficient (Wildman–Crippen LogP) is 1.89. The van der Waals surface area contributed by atoms with E-state index in [9.17, 15) is 14.4 Å². The van der Waals surface area contributed by atoms with Crippen LogP contribution in [-0.4, -0.2) is 58.6 Å². The van der Waals surface area contributed by atoms with Gasteiger partial charge in [-0.15, -0.1) is 0 Å². The number of hydrogen-bond acceptors (Lipinski definition) is 6. The van der Waals surface area contributed by atoms with Crippen LogP contribution in [0, 0.1) is 0 Å². The Balaban J connectivity index is 0.00000158. The summed E-state index contributed by atoms with van der Waals surface area (Å²) >= 11 is 0. The van der Waals surface area contributed by atoms with Crippen LogP contribution in [0.2, 0.25) is 0 Å². The molecular weight excluding hydrogens is 432 g/mol. The Kier molecular flexibility index (Phi) is 8.22. The standard InChI is InChI=1S/C23H28N6O3.C2H6/c1-4-16-12-18-19(26-21(16)30)11-15(13-25-18)14-28-7-9-29(10-8-28)20-6-5-17(22(31)24-2)23(32)27(20)3;1-2/h5-6,11-13H,4,7-10,14H2,1-3H3,(H,24,31)(H,26,30);1-2H3. The van der Waals surface area contributed by atoms with Gasteiger partial charge in [-0.2, -0.15) is 0 Å². The number of nitrogens with one attached hydrogen (secondary N) is 2. The molecule has 1 aliphatic rings. The molecule has 2 N–H and O–H groups in total. The SMILES string of the molecule is CC.CCc1cc2ncc(CN3CCN(c4ccc(C(=O)NC)c(=O)n4C)CC3)cc2[nH]c1=O. The van der Waals surface area contributed by atoms with Crippen molar-refractivity contribution in [1.29, 1.82) is 0 Å². The highest BCUT2D eigenvalue weighted by Crippen LogP contribution is 2.17. The molecule has 9 heteroatoms. The average Bonchev–Trinajstić information content (AvgIpc) is 2.86. The number of aryl methyl sites for hydroxylation is 1. The van der Waals surface area contributed by atoms with E-state index in [-0.39, 0.29) is 22.6 Å². The van der Waals surface area contributed by atoms with Crippen LogP contribution in [0.25, 0.3) is 11.0 Å². The van der Waals surface area contributed by atoms with E-state index >= 15 is 0 Å². The minimum Gasteiger partial charge on any atom is -0.355 e. The van der Waals surface area contributed by atoms with E-state index in [1.54, 1.807) is 13.1 Å². The normalized spacial score (nSPS) is 14.0. The molecule has 0 atom stereocenters. The van der Waals surface area contributed by atoms with Gasteiger partial charge in [0.1, 0.15) is 11.4 Å². The maximum absolute atomic E-state index is 12.5. The minimum absolute atomic E-state index is 0.0550. The van der Waals surface area contributed by atoms with Gasteiger partial charge in [-0.3, -0.25) is 28.8 Å². The molecule has 9 nitrogen and oxygen atoms in total. The molecule has 3 aromatic heterocycles. The zero-order valence-corrected chi connectivity index (χ0v) is 20.6. The molecule has 0 bridgehead atoms. The molecule has 0 aliphatic carbocycles. The third-order valence-corrected chi connectivity index (χ3v) is 6.06. The Morgan fingerprint density at radius 1 is 1.12 bits per heavy atom. The summed E-state index contributed by atoms with van der Waals surface area (Å²) in [5.41, 5.74) is 3.14. The van der Waals surface area contributed by atoms with Gasteiger partial charge in [-0.25, -0.2) is 0 Å². The lowest BCUT2D eigenvalue weighted by molar-refractivity contribution is 0.0961. The second-order valence-electron chi connectivity index (χ2n) is 8.07. The summed E-state index contributed by atoms with van der Waals surface area (Å²) in [6.07, 6.45) is 2.55. The van der Waals surface area contributed by atoms with Crippen molar-refractivity contribution in [2.75, 3.05) is 38.1 Å². The number of amides is 1. The van der Waals surface area contributed by atoms with Gasteiger partial charge in [0.05, 0.1) is 11.0 Å². The number of pyridine rings is 3. The van der Waals surface area contributed by atoms with Gasteiger partial charge in [-0.05, 0) is 36.2 Å². The Bertz CT molecular complexity index is 1270. The van der Waals surface area contributed by atoms with Crippen molar-refractivity contribution in [2.24, 2.45) is 7.05 Å². The molecule has 0 unspecified atom stereocenters. The number of aromatic amines is 1. The number of hydrogen-bond donors (Lipinski definition) is 2. The summed E-state index contributed by atoms with van der Waals surface area (Å²) in [7, 11) is 3.21. The zero-order chi connectivity index (χ0) is 24.8. The quantitative estimate of drug-likeness (QED) is 0.595. The van der Waals surface area contributed by atoms with Crippen molar-refractivity contribution in [1.82, 2.24) is 24.8 Å². The van der Waals surface area contributed by atoms with Gasteiger partial charge in [0.2, 0.25) is 0 Å². The van der Waals surface area contributed by atoms with Gasteiger partial charge in [0, 0.05) is 58.6 Å². The lowest BCUT2D eigenvalue weighted by atomic mass is 10.1. The van der Waals surface area contributed by atoms with E-state index in [2.05, 4.69) is 25.1 Å². The summed E-state index contributed by atoms with van der Waals surface area (Å²) in [4.78, 5) is 48.5. The van der Waals surface area contributed by atoms with Crippen LogP contribution in [0.15, 0.2) is 40.1 Å². The summed E-state index contributed by atoms with van der Waals surface area (Å²) < 4.78 is 1.54. The van der Waals surface area contributed by atoms with E-state index in [1.807, 2.05) is 45.2 Å². The molecule has 0 spiro atoms. The largest absolute Gasteiger partial charge is 0.355 e. The molecule has 1 saturated heterocycles. The number of fused-ring (bicyclic) bond motifs is 1. The summed E-state index contributed by atoms with van der Waals surface area (Å²) in [5, 5.41) is 2.50. The first kappa shape index (κ1) is 25.2. The fourth-order valence-corrected chi connectivity index (χ4v) is 4.16. The summed E-state index contributed by atoms with van der Waals surface area (Å²) in [6, 6.07) is 7.28. The van der Waals surface area contributed by atoms with E-state index in [0.717, 1.165) is 60.7 Å². The summed E-state index contributed by atoms with van der Waals surface area (Å²) in [6.45, 7) is 9.89. The number of aromatic nitrogens is 3. The Morgan fingerprint density at radius 3 is 2.47 bits per heavy atom. The van der Waals surface area contributed by atoms with Crippen LogP contribution in [0.5, 0.6) is 0 Å². The van der Waals surface area contributed by atoms with Crippen molar-refractivity contribution < 1.29 is 4.79 Å².